The van der Waals surface area contributed by atoms with Crippen molar-refractivity contribution in [3.63, 3.8) is 0 Å². The number of aromatic amines is 1. The molecule has 0 aliphatic heterocycles. The van der Waals surface area contributed by atoms with E-state index in [1.54, 1.807) is 18.6 Å². The highest BCUT2D eigenvalue weighted by Crippen LogP contribution is 2.36. The molecule has 9 heteroatoms. The number of aromatic nitrogens is 6. The van der Waals surface area contributed by atoms with E-state index in [0.29, 0.717) is 18.5 Å². The number of carbonyl (C=O) groups excluding carboxylic acids is 1. The van der Waals surface area contributed by atoms with Crippen LogP contribution < -0.4 is 10.9 Å². The first kappa shape index (κ1) is 18.1. The maximum atomic E-state index is 12.5. The second-order valence-corrected chi connectivity index (χ2v) is 7.22. The van der Waals surface area contributed by atoms with Gasteiger partial charge in [-0.3, -0.25) is 9.59 Å². The molecule has 0 aromatic carbocycles. The van der Waals surface area contributed by atoms with E-state index in [-0.39, 0.29) is 23.4 Å². The Bertz CT molecular complexity index is 1030. The summed E-state index contributed by atoms with van der Waals surface area (Å²) in [5.41, 5.74) is 0.916. The molecule has 1 fully saturated rings. The van der Waals surface area contributed by atoms with E-state index in [1.165, 1.54) is 6.07 Å². The van der Waals surface area contributed by atoms with Crippen LogP contribution in [0, 0.1) is 0 Å². The van der Waals surface area contributed by atoms with Gasteiger partial charge in [0, 0.05) is 48.7 Å². The monoisotopic (exact) mass is 381 g/mol. The molecule has 9 nitrogen and oxygen atoms in total. The summed E-state index contributed by atoms with van der Waals surface area (Å²) in [5.74, 6) is 1.87. The van der Waals surface area contributed by atoms with Crippen LogP contribution in [0.25, 0.3) is 0 Å². The Hall–Kier alpha value is -3.23. The second-order valence-electron chi connectivity index (χ2n) is 7.22. The smallest absolute Gasteiger partial charge is 0.251 e. The van der Waals surface area contributed by atoms with E-state index < -0.39 is 0 Å². The average molecular weight is 381 g/mol. The van der Waals surface area contributed by atoms with Gasteiger partial charge in [0.05, 0.1) is 12.9 Å². The van der Waals surface area contributed by atoms with Crippen molar-refractivity contribution >= 4 is 5.91 Å². The summed E-state index contributed by atoms with van der Waals surface area (Å²) in [4.78, 5) is 30.9. The van der Waals surface area contributed by atoms with Crippen molar-refractivity contribution in [3.8, 4) is 0 Å². The quantitative estimate of drug-likeness (QED) is 0.661. The van der Waals surface area contributed by atoms with Gasteiger partial charge in [0.2, 0.25) is 5.56 Å². The Morgan fingerprint density at radius 2 is 2.14 bits per heavy atom. The first-order valence-corrected chi connectivity index (χ1v) is 9.41. The van der Waals surface area contributed by atoms with Crippen molar-refractivity contribution < 1.29 is 4.79 Å². The van der Waals surface area contributed by atoms with E-state index in [9.17, 15) is 9.59 Å². The fourth-order valence-corrected chi connectivity index (χ4v) is 3.55. The van der Waals surface area contributed by atoms with E-state index in [0.717, 1.165) is 30.2 Å². The van der Waals surface area contributed by atoms with Crippen molar-refractivity contribution in [1.82, 2.24) is 34.6 Å². The van der Waals surface area contributed by atoms with Gasteiger partial charge in [-0.25, -0.2) is 4.98 Å². The summed E-state index contributed by atoms with van der Waals surface area (Å²) in [6.07, 6.45) is 7.68. The molecule has 0 bridgehead atoms. The SMILES string of the molecule is CCc1cc(C(=O)NC2CC(c3nnc(Cn4ccnc4)n3C)C2)cc(=O)[nH]1. The Morgan fingerprint density at radius 1 is 1.32 bits per heavy atom. The first-order chi connectivity index (χ1) is 13.5. The number of carbonyl (C=O) groups is 1. The summed E-state index contributed by atoms with van der Waals surface area (Å²) >= 11 is 0. The normalized spacial score (nSPS) is 18.6. The van der Waals surface area contributed by atoms with E-state index >= 15 is 0 Å². The molecule has 4 rings (SSSR count). The van der Waals surface area contributed by atoms with Gasteiger partial charge in [-0.1, -0.05) is 6.92 Å². The van der Waals surface area contributed by atoms with Gasteiger partial charge >= 0.3 is 0 Å². The minimum Gasteiger partial charge on any atom is -0.349 e. The van der Waals surface area contributed by atoms with Crippen molar-refractivity contribution in [1.29, 1.82) is 0 Å². The highest BCUT2D eigenvalue weighted by Gasteiger charge is 2.35. The van der Waals surface area contributed by atoms with Crippen molar-refractivity contribution in [2.45, 2.75) is 44.7 Å². The molecule has 1 amide bonds. The van der Waals surface area contributed by atoms with Crippen molar-refractivity contribution in [3.05, 3.63) is 64.1 Å². The van der Waals surface area contributed by atoms with Crippen molar-refractivity contribution in [2.75, 3.05) is 0 Å². The highest BCUT2D eigenvalue weighted by molar-refractivity contribution is 5.94. The van der Waals surface area contributed by atoms with E-state index in [4.69, 9.17) is 0 Å². The zero-order chi connectivity index (χ0) is 19.7. The van der Waals surface area contributed by atoms with Crippen molar-refractivity contribution in [2.24, 2.45) is 7.05 Å². The van der Waals surface area contributed by atoms with Gasteiger partial charge in [0.15, 0.2) is 5.82 Å². The number of H-pyrrole nitrogens is 1. The predicted molar refractivity (Wildman–Crippen MR) is 102 cm³/mol. The summed E-state index contributed by atoms with van der Waals surface area (Å²) in [5, 5.41) is 11.7. The summed E-state index contributed by atoms with van der Waals surface area (Å²) in [7, 11) is 1.97. The zero-order valence-corrected chi connectivity index (χ0v) is 15.9. The number of hydrogen-bond acceptors (Lipinski definition) is 5. The molecule has 3 aromatic rings. The van der Waals surface area contributed by atoms with Crippen LogP contribution in [0.2, 0.25) is 0 Å². The lowest BCUT2D eigenvalue weighted by Crippen LogP contribution is -2.44. The maximum Gasteiger partial charge on any atom is 0.251 e. The lowest BCUT2D eigenvalue weighted by molar-refractivity contribution is 0.0906. The fourth-order valence-electron chi connectivity index (χ4n) is 3.55. The van der Waals surface area contributed by atoms with Crippen LogP contribution in [0.1, 0.15) is 53.4 Å². The highest BCUT2D eigenvalue weighted by atomic mass is 16.2. The number of rotatable bonds is 6. The number of nitrogens with one attached hydrogen (secondary N) is 2. The molecule has 2 N–H and O–H groups in total. The zero-order valence-electron chi connectivity index (χ0n) is 15.9. The molecule has 3 heterocycles. The molecule has 0 radical (unpaired) electrons. The molecular weight excluding hydrogens is 358 g/mol. The number of imidazole rings is 1. The van der Waals surface area contributed by atoms with Crippen LogP contribution in [0.3, 0.4) is 0 Å². The summed E-state index contributed by atoms with van der Waals surface area (Å²) < 4.78 is 3.97. The molecule has 1 aliphatic carbocycles. The van der Waals surface area contributed by atoms with Gasteiger partial charge < -0.3 is 19.4 Å². The molecular formula is C19H23N7O2. The molecule has 0 saturated heterocycles. The number of amides is 1. The van der Waals surface area contributed by atoms with Gasteiger partial charge in [-0.05, 0) is 25.3 Å². The first-order valence-electron chi connectivity index (χ1n) is 9.41. The average Bonchev–Trinajstić information content (AvgIpc) is 3.28. The Labute approximate surface area is 161 Å². The van der Waals surface area contributed by atoms with E-state index in [2.05, 4.69) is 25.5 Å². The lowest BCUT2D eigenvalue weighted by Gasteiger charge is -2.35. The largest absolute Gasteiger partial charge is 0.349 e. The minimum absolute atomic E-state index is 0.0793. The molecule has 28 heavy (non-hydrogen) atoms. The van der Waals surface area contributed by atoms with Gasteiger partial charge in [-0.15, -0.1) is 10.2 Å². The van der Waals surface area contributed by atoms with Gasteiger partial charge in [0.1, 0.15) is 5.82 Å². The third-order valence-electron chi connectivity index (χ3n) is 5.26. The Morgan fingerprint density at radius 3 is 2.86 bits per heavy atom. The minimum atomic E-state index is -0.250. The Kier molecular flexibility index (Phi) is 4.81. The van der Waals surface area contributed by atoms with Crippen LogP contribution in [-0.4, -0.2) is 41.2 Å². The van der Waals surface area contributed by atoms with Crippen LogP contribution in [0.4, 0.5) is 0 Å². The Balaban J connectivity index is 1.36. The third-order valence-corrected chi connectivity index (χ3v) is 5.26. The summed E-state index contributed by atoms with van der Waals surface area (Å²) in [6.45, 7) is 2.56. The third kappa shape index (κ3) is 3.60. The molecule has 146 valence electrons. The van der Waals surface area contributed by atoms with Gasteiger partial charge in [0.25, 0.3) is 5.91 Å². The van der Waals surface area contributed by atoms with E-state index in [1.807, 2.05) is 29.3 Å². The molecule has 3 aromatic heterocycles. The molecule has 1 aliphatic rings. The van der Waals surface area contributed by atoms with Crippen LogP contribution in [0.15, 0.2) is 35.6 Å². The second kappa shape index (κ2) is 7.41. The topological polar surface area (TPSA) is 110 Å². The molecule has 0 spiro atoms. The van der Waals surface area contributed by atoms with Crippen LogP contribution >= 0.6 is 0 Å². The number of pyridine rings is 1. The number of nitrogens with zero attached hydrogens (tertiary/aromatic N) is 5. The molecule has 1 saturated carbocycles. The molecule has 0 atom stereocenters. The molecule has 0 unspecified atom stereocenters. The predicted octanol–water partition coefficient (Wildman–Crippen LogP) is 0.987. The fraction of sp³-hybridized carbons (Fsp3) is 0.421. The van der Waals surface area contributed by atoms with Crippen LogP contribution in [-0.2, 0) is 20.0 Å². The lowest BCUT2D eigenvalue weighted by atomic mass is 9.79. The number of aryl methyl sites for hydroxylation is 1. The maximum absolute atomic E-state index is 12.5. The summed E-state index contributed by atoms with van der Waals surface area (Å²) in [6, 6.07) is 3.16. The van der Waals surface area contributed by atoms with Gasteiger partial charge in [-0.2, -0.15) is 0 Å². The standard InChI is InChI=1S/C19H23N7O2/c1-3-14-8-13(9-17(27)21-14)19(28)22-15-6-12(7-15)18-24-23-16(25(18)2)10-26-5-4-20-11-26/h4-5,8-9,11-12,15H,3,6-7,10H2,1-2H3,(H,21,27)(H,22,28). The number of hydrogen-bond donors (Lipinski definition) is 2. The van der Waals surface area contributed by atoms with Crippen LogP contribution in [0.5, 0.6) is 0 Å².